The van der Waals surface area contributed by atoms with Gasteiger partial charge in [0.15, 0.2) is 11.8 Å². The molecule has 0 fully saturated rings. The maximum absolute atomic E-state index is 6.85. The number of nitrogens with zero attached hydrogens (tertiary/aromatic N) is 2. The maximum Gasteiger partial charge on any atom is 0.569 e. The molecule has 0 aliphatic carbocycles. The Morgan fingerprint density at radius 3 is 2.00 bits per heavy atom. The van der Waals surface area contributed by atoms with Crippen molar-refractivity contribution in [3.63, 3.8) is 0 Å². The van der Waals surface area contributed by atoms with Gasteiger partial charge in [-0.25, -0.2) is 9.05 Å². The third-order valence-corrected chi connectivity index (χ3v) is 6.86. The van der Waals surface area contributed by atoms with Crippen molar-refractivity contribution in [2.24, 2.45) is 7.05 Å². The Bertz CT molecular complexity index is 1550. The monoisotopic (exact) mass is 470 g/mol. The third-order valence-electron chi connectivity index (χ3n) is 6.86. The molecule has 0 radical (unpaired) electrons. The Hall–Kier alpha value is -4.38. The van der Waals surface area contributed by atoms with Crippen LogP contribution in [-0.2, 0) is 7.05 Å². The largest absolute Gasteiger partial charge is 0.569 e. The Morgan fingerprint density at radius 2 is 1.31 bits per heavy atom. The minimum absolute atomic E-state index is 0.112. The van der Waals surface area contributed by atoms with Gasteiger partial charge in [0, 0.05) is 29.1 Å². The van der Waals surface area contributed by atoms with Gasteiger partial charge in [-0.05, 0) is 49.2 Å². The summed E-state index contributed by atoms with van der Waals surface area (Å²) in [7, 11) is 2.07. The fourth-order valence-corrected chi connectivity index (χ4v) is 5.00. The lowest BCUT2D eigenvalue weighted by atomic mass is 9.48. The van der Waals surface area contributed by atoms with Gasteiger partial charge < -0.3 is 9.47 Å². The molecule has 3 heterocycles. The molecule has 0 bridgehead atoms. The summed E-state index contributed by atoms with van der Waals surface area (Å²) in [4.78, 5) is 0. The zero-order chi connectivity index (χ0) is 24.6. The molecule has 174 valence electrons. The lowest BCUT2D eigenvalue weighted by molar-refractivity contribution is -0.660. The average Bonchev–Trinajstić information content (AvgIpc) is 2.90. The highest BCUT2D eigenvalue weighted by molar-refractivity contribution is 6.80. The number of fused-ring (bicyclic) bond motifs is 2. The van der Waals surface area contributed by atoms with Crippen LogP contribution >= 0.6 is 0 Å². The number of hydrogen-bond donors (Lipinski definition) is 0. The molecule has 5 heteroatoms. The van der Waals surface area contributed by atoms with E-state index in [2.05, 4.69) is 90.9 Å². The van der Waals surface area contributed by atoms with E-state index in [-0.39, 0.29) is 6.85 Å². The lowest BCUT2D eigenvalue weighted by Crippen LogP contribution is -2.67. The molecule has 0 spiro atoms. The van der Waals surface area contributed by atoms with Crippen molar-refractivity contribution in [1.82, 2.24) is 0 Å². The average molecular weight is 470 g/mol. The molecule has 1 aliphatic rings. The fourth-order valence-electron chi connectivity index (χ4n) is 5.00. The zero-order valence-corrected chi connectivity index (χ0v) is 20.7. The van der Waals surface area contributed by atoms with Crippen molar-refractivity contribution in [2.75, 3.05) is 0 Å². The van der Waals surface area contributed by atoms with Crippen molar-refractivity contribution in [3.05, 3.63) is 121 Å². The van der Waals surface area contributed by atoms with Gasteiger partial charge >= 0.3 is 12.7 Å². The van der Waals surface area contributed by atoms with Crippen molar-refractivity contribution in [2.45, 2.75) is 13.8 Å². The molecule has 0 amide bonds. The molecule has 0 saturated carbocycles. The van der Waals surface area contributed by atoms with Gasteiger partial charge in [-0.15, -0.1) is 0 Å². The number of pyridine rings is 2. The van der Waals surface area contributed by atoms with Crippen molar-refractivity contribution in [1.29, 1.82) is 0 Å². The predicted molar refractivity (Wildman–Crippen MR) is 143 cm³/mol. The Labute approximate surface area is 212 Å². The molecule has 36 heavy (non-hydrogen) atoms. The molecule has 3 aromatic carbocycles. The molecular formula is C31H27BN2O2+2. The summed E-state index contributed by atoms with van der Waals surface area (Å²) in [5.41, 5.74) is 6.57. The Balaban J connectivity index is 1.67. The highest BCUT2D eigenvalue weighted by Gasteiger charge is 2.46. The molecule has 0 unspecified atom stereocenters. The zero-order valence-electron chi connectivity index (χ0n) is 20.7. The number of ether oxygens (including phenoxy) is 2. The summed E-state index contributed by atoms with van der Waals surface area (Å²) in [5, 5.41) is 0. The molecule has 5 aromatic rings. The summed E-state index contributed by atoms with van der Waals surface area (Å²) in [6, 6.07) is 33.1. The normalized spacial score (nSPS) is 11.9. The maximum atomic E-state index is 6.85. The van der Waals surface area contributed by atoms with Crippen LogP contribution in [0.5, 0.6) is 23.1 Å². The highest BCUT2D eigenvalue weighted by Crippen LogP contribution is 2.33. The lowest BCUT2D eigenvalue weighted by Gasteiger charge is -2.23. The standard InChI is InChI=1S/C31H27BN2O2/c1-22-12-4-7-16-27(22)36-31-30(26-15-10-11-20-33(26)3)23(2)19-21-34(31)32-24-13-5-8-17-28(24)35-29-18-9-6-14-25(29)32/h4-21H,1-3H3/q+2. The van der Waals surface area contributed by atoms with Gasteiger partial charge in [-0.2, -0.15) is 0 Å². The van der Waals surface area contributed by atoms with Crippen LogP contribution < -0.4 is 29.4 Å². The first-order valence-corrected chi connectivity index (χ1v) is 12.2. The molecule has 6 rings (SSSR count). The summed E-state index contributed by atoms with van der Waals surface area (Å²) >= 11 is 0. The molecule has 0 atom stereocenters. The smallest absolute Gasteiger partial charge is 0.458 e. The van der Waals surface area contributed by atoms with E-state index in [1.165, 1.54) is 0 Å². The summed E-state index contributed by atoms with van der Waals surface area (Å²) in [6.45, 7) is 4.11. The van der Waals surface area contributed by atoms with Gasteiger partial charge in [0.1, 0.15) is 30.5 Å². The van der Waals surface area contributed by atoms with Crippen molar-refractivity contribution >= 4 is 17.8 Å². The molecule has 2 aromatic heterocycles. The van der Waals surface area contributed by atoms with Crippen LogP contribution in [-0.4, -0.2) is 6.85 Å². The van der Waals surface area contributed by atoms with Gasteiger partial charge in [-0.3, -0.25) is 0 Å². The van der Waals surface area contributed by atoms with Crippen LogP contribution in [0.4, 0.5) is 0 Å². The van der Waals surface area contributed by atoms with E-state index in [1.807, 2.05) is 48.5 Å². The molecule has 1 aliphatic heterocycles. The third kappa shape index (κ3) is 3.73. The molecular weight excluding hydrogens is 443 g/mol. The second kappa shape index (κ2) is 9.01. The van der Waals surface area contributed by atoms with E-state index in [4.69, 9.17) is 9.47 Å². The van der Waals surface area contributed by atoms with Crippen LogP contribution in [0.3, 0.4) is 0 Å². The topological polar surface area (TPSA) is 26.2 Å². The minimum Gasteiger partial charge on any atom is -0.458 e. The molecule has 0 N–H and O–H groups in total. The highest BCUT2D eigenvalue weighted by atomic mass is 16.5. The minimum atomic E-state index is -0.112. The van der Waals surface area contributed by atoms with E-state index in [0.29, 0.717) is 0 Å². The van der Waals surface area contributed by atoms with Crippen LogP contribution in [0, 0.1) is 13.8 Å². The second-order valence-electron chi connectivity index (χ2n) is 9.23. The van der Waals surface area contributed by atoms with Gasteiger partial charge in [-0.1, -0.05) is 54.6 Å². The van der Waals surface area contributed by atoms with Crippen LogP contribution in [0.2, 0.25) is 0 Å². The number of para-hydroxylation sites is 3. The van der Waals surface area contributed by atoms with Gasteiger partial charge in [0.05, 0.1) is 0 Å². The number of hydrogen-bond acceptors (Lipinski definition) is 2. The first kappa shape index (κ1) is 22.1. The number of aromatic nitrogens is 2. The van der Waals surface area contributed by atoms with Crippen LogP contribution in [0.25, 0.3) is 11.3 Å². The quantitative estimate of drug-likeness (QED) is 0.277. The number of benzene rings is 3. The Morgan fingerprint density at radius 1 is 0.667 bits per heavy atom. The van der Waals surface area contributed by atoms with Crippen molar-refractivity contribution < 1.29 is 18.5 Å². The predicted octanol–water partition coefficient (Wildman–Crippen LogP) is 4.63. The number of aryl methyl sites for hydroxylation is 3. The van der Waals surface area contributed by atoms with E-state index in [0.717, 1.165) is 56.4 Å². The van der Waals surface area contributed by atoms with Crippen LogP contribution in [0.15, 0.2) is 109 Å². The second-order valence-corrected chi connectivity index (χ2v) is 9.23. The first-order valence-electron chi connectivity index (χ1n) is 12.2. The summed E-state index contributed by atoms with van der Waals surface area (Å²) in [6.07, 6.45) is 4.21. The van der Waals surface area contributed by atoms with Gasteiger partial charge in [0.2, 0.25) is 5.69 Å². The van der Waals surface area contributed by atoms with E-state index in [1.54, 1.807) is 0 Å². The van der Waals surface area contributed by atoms with Gasteiger partial charge in [0.25, 0.3) is 0 Å². The molecule has 0 saturated heterocycles. The van der Waals surface area contributed by atoms with E-state index in [9.17, 15) is 0 Å². The summed E-state index contributed by atoms with van der Waals surface area (Å²) in [5.74, 6) is 3.36. The van der Waals surface area contributed by atoms with E-state index >= 15 is 0 Å². The van der Waals surface area contributed by atoms with Crippen molar-refractivity contribution in [3.8, 4) is 34.4 Å². The Kier molecular flexibility index (Phi) is 5.53. The van der Waals surface area contributed by atoms with E-state index < -0.39 is 0 Å². The SMILES string of the molecule is Cc1ccccc1Oc1c(-c2cccc[n+]2C)c(C)cc[n+]1B1c2ccccc2Oc2ccccc21. The number of rotatable bonds is 4. The van der Waals surface area contributed by atoms with Crippen LogP contribution in [0.1, 0.15) is 11.1 Å². The summed E-state index contributed by atoms with van der Waals surface area (Å²) < 4.78 is 17.6. The fraction of sp³-hybridized carbons (Fsp3) is 0.0968. The molecule has 4 nitrogen and oxygen atoms in total. The first-order chi connectivity index (χ1) is 17.6.